The fraction of sp³-hybridized carbons (Fsp3) is 0.188. The molecule has 0 fully saturated rings. The first-order valence-electron chi connectivity index (χ1n) is 6.38. The van der Waals surface area contributed by atoms with Crippen LogP contribution in [0.5, 0.6) is 5.75 Å². The summed E-state index contributed by atoms with van der Waals surface area (Å²) in [7, 11) is 0. The minimum absolute atomic E-state index is 0.0450. The Bertz CT molecular complexity index is 647. The summed E-state index contributed by atoms with van der Waals surface area (Å²) in [6.45, 7) is 0.523. The molecule has 1 aliphatic heterocycles. The van der Waals surface area contributed by atoms with Gasteiger partial charge in [0.25, 0.3) is 0 Å². The molecule has 0 aliphatic carbocycles. The van der Waals surface area contributed by atoms with Crippen LogP contribution in [0.3, 0.4) is 0 Å². The van der Waals surface area contributed by atoms with Crippen molar-refractivity contribution in [3.63, 3.8) is 0 Å². The van der Waals surface area contributed by atoms with E-state index in [1.807, 2.05) is 24.3 Å². The lowest BCUT2D eigenvalue weighted by Gasteiger charge is -2.25. The molecule has 2 aromatic carbocycles. The second-order valence-corrected chi connectivity index (χ2v) is 5.50. The molecule has 0 saturated carbocycles. The summed E-state index contributed by atoms with van der Waals surface area (Å²) in [5, 5.41) is 0.790. The van der Waals surface area contributed by atoms with Crippen LogP contribution in [0.2, 0.25) is 10.0 Å². The summed E-state index contributed by atoms with van der Waals surface area (Å²) in [5.74, 6) is 0.467. The molecule has 0 N–H and O–H groups in total. The molecule has 2 aromatic rings. The third-order valence-electron chi connectivity index (χ3n) is 3.48. The quantitative estimate of drug-likeness (QED) is 0.749. The van der Waals surface area contributed by atoms with Gasteiger partial charge in [-0.15, -0.1) is 0 Å². The number of ether oxygens (including phenoxy) is 1. The third kappa shape index (κ3) is 2.30. The van der Waals surface area contributed by atoms with Crippen LogP contribution in [0.15, 0.2) is 42.5 Å². The maximum absolute atomic E-state index is 12.8. The molecule has 0 radical (unpaired) electrons. The topological polar surface area (TPSA) is 26.3 Å². The zero-order chi connectivity index (χ0) is 14.1. The maximum Gasteiger partial charge on any atom is 0.173 e. The minimum atomic E-state index is -0.252. The van der Waals surface area contributed by atoms with Crippen LogP contribution in [0.25, 0.3) is 0 Å². The Kier molecular flexibility index (Phi) is 3.68. The molecule has 0 saturated heterocycles. The van der Waals surface area contributed by atoms with Crippen LogP contribution in [0, 0.1) is 0 Å². The highest BCUT2D eigenvalue weighted by atomic mass is 35.5. The van der Waals surface area contributed by atoms with Crippen molar-refractivity contribution in [2.75, 3.05) is 6.61 Å². The van der Waals surface area contributed by atoms with E-state index in [0.29, 0.717) is 28.6 Å². The van der Waals surface area contributed by atoms with Crippen molar-refractivity contribution < 1.29 is 9.53 Å². The van der Waals surface area contributed by atoms with E-state index in [1.165, 1.54) is 0 Å². The predicted molar refractivity (Wildman–Crippen MR) is 80.1 cm³/mol. The first kappa shape index (κ1) is 13.5. The first-order chi connectivity index (χ1) is 9.68. The van der Waals surface area contributed by atoms with Gasteiger partial charge in [-0.1, -0.05) is 47.5 Å². The average Bonchev–Trinajstić information content (AvgIpc) is 2.46. The molecule has 1 unspecified atom stereocenters. The lowest BCUT2D eigenvalue weighted by molar-refractivity contribution is 0.0933. The molecule has 1 atom stereocenters. The van der Waals surface area contributed by atoms with Gasteiger partial charge in [0, 0.05) is 5.56 Å². The minimum Gasteiger partial charge on any atom is -0.493 e. The van der Waals surface area contributed by atoms with Crippen LogP contribution < -0.4 is 4.74 Å². The predicted octanol–water partition coefficient (Wildman–Crippen LogP) is 4.74. The van der Waals surface area contributed by atoms with Crippen molar-refractivity contribution >= 4 is 29.0 Å². The highest BCUT2D eigenvalue weighted by Crippen LogP contribution is 2.38. The molecule has 4 heteroatoms. The van der Waals surface area contributed by atoms with Crippen LogP contribution in [0.1, 0.15) is 28.3 Å². The number of hydrogen-bond acceptors (Lipinski definition) is 2. The standard InChI is InChI=1S/C16H12Cl2O2/c17-12-5-3-6-13(18)15(12)16(19)11-8-9-20-14-7-2-1-4-10(11)14/h1-7,11H,8-9H2. The molecule has 0 aromatic heterocycles. The largest absolute Gasteiger partial charge is 0.493 e. The number of hydrogen-bond donors (Lipinski definition) is 0. The Morgan fingerprint density at radius 1 is 1.05 bits per heavy atom. The second kappa shape index (κ2) is 5.47. The van der Waals surface area contributed by atoms with Gasteiger partial charge in [0.1, 0.15) is 5.75 Å². The van der Waals surface area contributed by atoms with E-state index in [4.69, 9.17) is 27.9 Å². The third-order valence-corrected chi connectivity index (χ3v) is 4.11. The summed E-state index contributed by atoms with van der Waals surface area (Å²) >= 11 is 12.3. The Morgan fingerprint density at radius 3 is 2.50 bits per heavy atom. The van der Waals surface area contributed by atoms with Crippen LogP contribution in [-0.2, 0) is 0 Å². The lowest BCUT2D eigenvalue weighted by atomic mass is 9.86. The monoisotopic (exact) mass is 306 g/mol. The number of fused-ring (bicyclic) bond motifs is 1. The van der Waals surface area contributed by atoms with Crippen molar-refractivity contribution in [1.82, 2.24) is 0 Å². The van der Waals surface area contributed by atoms with E-state index in [1.54, 1.807) is 18.2 Å². The van der Waals surface area contributed by atoms with Gasteiger partial charge in [0.15, 0.2) is 5.78 Å². The number of ketones is 1. The van der Waals surface area contributed by atoms with Crippen LogP contribution in [-0.4, -0.2) is 12.4 Å². The summed E-state index contributed by atoms with van der Waals surface area (Å²) in [4.78, 5) is 12.8. The Morgan fingerprint density at radius 2 is 1.75 bits per heavy atom. The van der Waals surface area contributed by atoms with E-state index in [-0.39, 0.29) is 11.7 Å². The van der Waals surface area contributed by atoms with E-state index >= 15 is 0 Å². The van der Waals surface area contributed by atoms with Gasteiger partial charge >= 0.3 is 0 Å². The second-order valence-electron chi connectivity index (χ2n) is 4.69. The molecule has 20 heavy (non-hydrogen) atoms. The molecule has 1 heterocycles. The number of para-hydroxylation sites is 1. The van der Waals surface area contributed by atoms with Crippen LogP contribution >= 0.6 is 23.2 Å². The normalized spacial score (nSPS) is 17.2. The van der Waals surface area contributed by atoms with Crippen molar-refractivity contribution in [2.24, 2.45) is 0 Å². The van der Waals surface area contributed by atoms with E-state index in [2.05, 4.69) is 0 Å². The van der Waals surface area contributed by atoms with Crippen molar-refractivity contribution in [1.29, 1.82) is 0 Å². The number of carbonyl (C=O) groups is 1. The van der Waals surface area contributed by atoms with Crippen molar-refractivity contribution in [2.45, 2.75) is 12.3 Å². The van der Waals surface area contributed by atoms with E-state index in [0.717, 1.165) is 11.3 Å². The molecule has 0 bridgehead atoms. The molecular formula is C16H12Cl2O2. The van der Waals surface area contributed by atoms with Gasteiger partial charge in [-0.25, -0.2) is 0 Å². The summed E-state index contributed by atoms with van der Waals surface area (Å²) in [5.41, 5.74) is 1.30. The summed E-state index contributed by atoms with van der Waals surface area (Å²) in [6.07, 6.45) is 0.636. The Labute approximate surface area is 127 Å². The zero-order valence-corrected chi connectivity index (χ0v) is 12.1. The highest BCUT2D eigenvalue weighted by molar-refractivity contribution is 6.40. The smallest absolute Gasteiger partial charge is 0.173 e. The number of Topliss-reactive ketones (excluding diaryl/α,β-unsaturated/α-hetero) is 1. The number of carbonyl (C=O) groups excluding carboxylic acids is 1. The number of rotatable bonds is 2. The average molecular weight is 307 g/mol. The Balaban J connectivity index is 2.05. The highest BCUT2D eigenvalue weighted by Gasteiger charge is 2.30. The van der Waals surface area contributed by atoms with Crippen LogP contribution in [0.4, 0.5) is 0 Å². The SMILES string of the molecule is O=C(c1c(Cl)cccc1Cl)C1CCOc2ccccc21. The molecule has 1 aliphatic rings. The van der Waals surface area contributed by atoms with Gasteiger partial charge in [0.05, 0.1) is 28.1 Å². The fourth-order valence-electron chi connectivity index (χ4n) is 2.52. The van der Waals surface area contributed by atoms with Gasteiger partial charge in [-0.2, -0.15) is 0 Å². The molecule has 3 rings (SSSR count). The zero-order valence-electron chi connectivity index (χ0n) is 10.6. The van der Waals surface area contributed by atoms with Gasteiger partial charge < -0.3 is 4.74 Å². The van der Waals surface area contributed by atoms with Gasteiger partial charge in [0.2, 0.25) is 0 Å². The maximum atomic E-state index is 12.8. The molecule has 102 valence electrons. The van der Waals surface area contributed by atoms with E-state index in [9.17, 15) is 4.79 Å². The van der Waals surface area contributed by atoms with Gasteiger partial charge in [-0.05, 0) is 24.6 Å². The van der Waals surface area contributed by atoms with Gasteiger partial charge in [-0.3, -0.25) is 4.79 Å². The van der Waals surface area contributed by atoms with Crippen molar-refractivity contribution in [3.05, 3.63) is 63.6 Å². The summed E-state index contributed by atoms with van der Waals surface area (Å²) in [6, 6.07) is 12.7. The van der Waals surface area contributed by atoms with E-state index < -0.39 is 0 Å². The molecule has 0 amide bonds. The number of benzene rings is 2. The molecular weight excluding hydrogens is 295 g/mol. The van der Waals surface area contributed by atoms with Crippen molar-refractivity contribution in [3.8, 4) is 5.75 Å². The summed E-state index contributed by atoms with van der Waals surface area (Å²) < 4.78 is 5.58. The number of halogens is 2. The lowest BCUT2D eigenvalue weighted by Crippen LogP contribution is -2.21. The molecule has 0 spiro atoms. The fourth-order valence-corrected chi connectivity index (χ4v) is 3.11. The molecule has 2 nitrogen and oxygen atoms in total. The first-order valence-corrected chi connectivity index (χ1v) is 7.14. The Hall–Kier alpha value is -1.51.